The molecule has 1 aromatic heterocycles. The van der Waals surface area contributed by atoms with Gasteiger partial charge in [-0.25, -0.2) is 9.78 Å². The number of amides is 1. The Balaban J connectivity index is 1.92. The highest BCUT2D eigenvalue weighted by Gasteiger charge is 2.48. The molecular weight excluding hydrogens is 556 g/mol. The van der Waals surface area contributed by atoms with E-state index in [1.807, 2.05) is 13.8 Å². The Bertz CT molecular complexity index is 1500. The van der Waals surface area contributed by atoms with Crippen molar-refractivity contribution in [3.8, 4) is 11.5 Å². The molecule has 1 saturated heterocycles. The molecule has 11 heteroatoms. The van der Waals surface area contributed by atoms with Crippen molar-refractivity contribution in [3.05, 3.63) is 87.4 Å². The molecular formula is C29H27ClN2O7S. The number of esters is 1. The first kappa shape index (κ1) is 28.8. The zero-order chi connectivity index (χ0) is 29.0. The number of thiazole rings is 1. The van der Waals surface area contributed by atoms with Crippen LogP contribution >= 0.6 is 22.9 Å². The van der Waals surface area contributed by atoms with Crippen LogP contribution in [0, 0.1) is 6.92 Å². The van der Waals surface area contributed by atoms with Crippen LogP contribution in [0.15, 0.2) is 60.7 Å². The summed E-state index contributed by atoms with van der Waals surface area (Å²) in [4.78, 5) is 45.4. The normalized spacial score (nSPS) is 16.2. The van der Waals surface area contributed by atoms with Gasteiger partial charge in [0.05, 0.1) is 30.5 Å². The van der Waals surface area contributed by atoms with Gasteiger partial charge >= 0.3 is 11.9 Å². The monoisotopic (exact) mass is 582 g/mol. The summed E-state index contributed by atoms with van der Waals surface area (Å²) in [7, 11) is 0. The molecule has 9 nitrogen and oxygen atoms in total. The van der Waals surface area contributed by atoms with E-state index < -0.39 is 23.7 Å². The average Bonchev–Trinajstić information content (AvgIpc) is 3.45. The maximum absolute atomic E-state index is 13.5. The molecule has 1 N–H and O–H groups in total. The van der Waals surface area contributed by atoms with Gasteiger partial charge in [-0.2, -0.15) is 0 Å². The molecule has 1 amide bonds. The lowest BCUT2D eigenvalue weighted by Gasteiger charge is -2.24. The maximum Gasteiger partial charge on any atom is 0.350 e. The number of aliphatic hydroxyl groups excluding tert-OH is 1. The van der Waals surface area contributed by atoms with Crippen LogP contribution < -0.4 is 14.4 Å². The zero-order valence-corrected chi connectivity index (χ0v) is 23.7. The summed E-state index contributed by atoms with van der Waals surface area (Å²) < 4.78 is 16.6. The van der Waals surface area contributed by atoms with Gasteiger partial charge in [-0.05, 0) is 62.7 Å². The minimum Gasteiger partial charge on any atom is -0.507 e. The Morgan fingerprint density at radius 1 is 1.12 bits per heavy atom. The molecule has 40 heavy (non-hydrogen) atoms. The molecule has 0 aliphatic carbocycles. The van der Waals surface area contributed by atoms with E-state index in [0.29, 0.717) is 46.6 Å². The van der Waals surface area contributed by atoms with Crippen LogP contribution in [-0.2, 0) is 14.3 Å². The van der Waals surface area contributed by atoms with Crippen molar-refractivity contribution in [2.45, 2.75) is 26.8 Å². The summed E-state index contributed by atoms with van der Waals surface area (Å²) in [6.45, 7) is 9.55. The number of ketones is 1. The Hall–Kier alpha value is -4.15. The number of hydrogen-bond donors (Lipinski definition) is 1. The second kappa shape index (κ2) is 12.4. The smallest absolute Gasteiger partial charge is 0.350 e. The number of aryl methyl sites for hydroxylation is 1. The number of ether oxygens (including phenoxy) is 3. The Labute approximate surface area is 240 Å². The Morgan fingerprint density at radius 3 is 2.45 bits per heavy atom. The van der Waals surface area contributed by atoms with Crippen molar-refractivity contribution in [1.82, 2.24) is 4.98 Å². The zero-order valence-electron chi connectivity index (χ0n) is 22.1. The number of benzene rings is 2. The first-order valence-corrected chi connectivity index (χ1v) is 13.6. The molecule has 0 radical (unpaired) electrons. The SMILES string of the molecule is C=CCOC(=O)c1sc(N2C(=O)C(=O)/C(=C(/O)c3ccc(Cl)cc3)C2c2ccc(OCC)c(OCC)c2)nc1C. The first-order valence-electron chi connectivity index (χ1n) is 12.4. The van der Waals surface area contributed by atoms with Gasteiger partial charge in [0, 0.05) is 10.6 Å². The largest absolute Gasteiger partial charge is 0.507 e. The van der Waals surface area contributed by atoms with Crippen LogP contribution in [0.2, 0.25) is 5.02 Å². The van der Waals surface area contributed by atoms with Crippen LogP contribution in [0.5, 0.6) is 11.5 Å². The molecule has 0 spiro atoms. The summed E-state index contributed by atoms with van der Waals surface area (Å²) in [5, 5.41) is 11.9. The number of carbonyl (C=O) groups excluding carboxylic acids is 3. The van der Waals surface area contributed by atoms with Crippen LogP contribution in [0.1, 0.15) is 46.4 Å². The van der Waals surface area contributed by atoms with Gasteiger partial charge in [-0.3, -0.25) is 14.5 Å². The number of anilines is 1. The van der Waals surface area contributed by atoms with Crippen molar-refractivity contribution >= 4 is 51.5 Å². The lowest BCUT2D eigenvalue weighted by atomic mass is 9.95. The summed E-state index contributed by atoms with van der Waals surface area (Å²) in [5.74, 6) is -1.94. The number of rotatable bonds is 10. The van der Waals surface area contributed by atoms with Gasteiger partial charge in [0.15, 0.2) is 16.6 Å². The second-order valence-electron chi connectivity index (χ2n) is 8.55. The fourth-order valence-corrected chi connectivity index (χ4v) is 5.33. The molecule has 0 saturated carbocycles. The molecule has 1 unspecified atom stereocenters. The molecule has 2 aromatic carbocycles. The van der Waals surface area contributed by atoms with Crippen molar-refractivity contribution in [2.24, 2.45) is 0 Å². The quantitative estimate of drug-likeness (QED) is 0.104. The number of aliphatic hydroxyl groups is 1. The molecule has 208 valence electrons. The lowest BCUT2D eigenvalue weighted by Crippen LogP contribution is -2.29. The third-order valence-electron chi connectivity index (χ3n) is 5.95. The number of hydrogen-bond acceptors (Lipinski definition) is 9. The number of halogens is 1. The van der Waals surface area contributed by atoms with Gasteiger partial charge in [0.25, 0.3) is 5.78 Å². The highest BCUT2D eigenvalue weighted by molar-refractivity contribution is 7.17. The lowest BCUT2D eigenvalue weighted by molar-refractivity contribution is -0.132. The molecule has 4 rings (SSSR count). The van der Waals surface area contributed by atoms with Crippen LogP contribution in [0.3, 0.4) is 0 Å². The maximum atomic E-state index is 13.5. The van der Waals surface area contributed by atoms with Gasteiger partial charge < -0.3 is 19.3 Å². The van der Waals surface area contributed by atoms with E-state index in [9.17, 15) is 19.5 Å². The standard InChI is InChI=1S/C29H27ClN2O7S/c1-5-14-39-28(36)26-16(4)31-29(40-26)32-23(18-10-13-20(37-6-2)21(15-18)38-7-3)22(25(34)27(32)35)24(33)17-8-11-19(30)12-9-17/h5,8-13,15,23,33H,1,6-7,14H2,2-4H3/b24-22+. The Morgan fingerprint density at radius 2 is 1.80 bits per heavy atom. The van der Waals surface area contributed by atoms with Crippen LogP contribution in [-0.4, -0.2) is 47.6 Å². The van der Waals surface area contributed by atoms with Crippen molar-refractivity contribution in [2.75, 3.05) is 24.7 Å². The predicted octanol–water partition coefficient (Wildman–Crippen LogP) is 5.87. The van der Waals surface area contributed by atoms with E-state index in [4.69, 9.17) is 25.8 Å². The molecule has 1 fully saturated rings. The van der Waals surface area contributed by atoms with E-state index in [-0.39, 0.29) is 27.9 Å². The highest BCUT2D eigenvalue weighted by atomic mass is 35.5. The minimum atomic E-state index is -1.09. The Kier molecular flexibility index (Phi) is 8.91. The molecule has 0 bridgehead atoms. The molecule has 1 atom stereocenters. The topological polar surface area (TPSA) is 115 Å². The molecule has 1 aliphatic rings. The van der Waals surface area contributed by atoms with Gasteiger partial charge in [-0.15, -0.1) is 0 Å². The summed E-state index contributed by atoms with van der Waals surface area (Å²) in [6, 6.07) is 10.2. The van der Waals surface area contributed by atoms with Crippen molar-refractivity contribution in [3.63, 3.8) is 0 Å². The number of aromatic nitrogens is 1. The van der Waals surface area contributed by atoms with Crippen LogP contribution in [0.25, 0.3) is 5.76 Å². The summed E-state index contributed by atoms with van der Waals surface area (Å²) >= 11 is 6.93. The van der Waals surface area contributed by atoms with E-state index in [1.165, 1.54) is 11.0 Å². The van der Waals surface area contributed by atoms with E-state index >= 15 is 0 Å². The van der Waals surface area contributed by atoms with E-state index in [2.05, 4.69) is 11.6 Å². The molecule has 2 heterocycles. The third-order valence-corrected chi connectivity index (χ3v) is 7.34. The number of Topliss-reactive ketones (excluding diaryl/α,β-unsaturated/α-hetero) is 1. The van der Waals surface area contributed by atoms with Crippen LogP contribution in [0.4, 0.5) is 5.13 Å². The van der Waals surface area contributed by atoms with Gasteiger partial charge in [0.1, 0.15) is 17.2 Å². The van der Waals surface area contributed by atoms with Gasteiger partial charge in [0.2, 0.25) is 0 Å². The number of nitrogens with zero attached hydrogens (tertiary/aromatic N) is 2. The number of carbonyl (C=O) groups is 3. The molecule has 3 aromatic rings. The van der Waals surface area contributed by atoms with E-state index in [1.54, 1.807) is 49.4 Å². The predicted molar refractivity (Wildman–Crippen MR) is 152 cm³/mol. The summed E-state index contributed by atoms with van der Waals surface area (Å²) in [6.07, 6.45) is 1.44. The van der Waals surface area contributed by atoms with Crippen molar-refractivity contribution in [1.29, 1.82) is 0 Å². The fourth-order valence-electron chi connectivity index (χ4n) is 4.22. The highest BCUT2D eigenvalue weighted by Crippen LogP contribution is 2.45. The summed E-state index contributed by atoms with van der Waals surface area (Å²) in [5.41, 5.74) is 0.939. The first-order chi connectivity index (χ1) is 19.2. The third kappa shape index (κ3) is 5.59. The van der Waals surface area contributed by atoms with Gasteiger partial charge in [-0.1, -0.05) is 41.7 Å². The average molecular weight is 583 g/mol. The second-order valence-corrected chi connectivity index (χ2v) is 9.96. The minimum absolute atomic E-state index is 0.00347. The van der Waals surface area contributed by atoms with Crippen molar-refractivity contribution < 1.29 is 33.7 Å². The van der Waals surface area contributed by atoms with E-state index in [0.717, 1.165) is 11.3 Å². The molecule has 1 aliphatic heterocycles. The fraction of sp³-hybridized carbons (Fsp3) is 0.241.